The second-order valence-corrected chi connectivity index (χ2v) is 4.20. The van der Waals surface area contributed by atoms with E-state index in [-0.39, 0.29) is 6.41 Å². The maximum Gasteiger partial charge on any atom is 0.362 e. The smallest absolute Gasteiger partial charge is 0.278 e. The molecule has 0 aromatic rings. The van der Waals surface area contributed by atoms with Crippen LogP contribution in [0, 0.1) is 0 Å². The van der Waals surface area contributed by atoms with E-state index in [1.54, 1.807) is 25.5 Å². The monoisotopic (exact) mass is 181 g/mol. The molecule has 0 aliphatic heterocycles. The largest absolute Gasteiger partial charge is 0.362 e. The molecule has 0 fully saturated rings. The molecule has 0 spiro atoms. The number of hydrogen-bond acceptors (Lipinski definition) is 4. The second kappa shape index (κ2) is 3.19. The number of carbonyl (C=O) groups is 1. The lowest BCUT2D eigenvalue weighted by atomic mass is 10.2. The maximum absolute atomic E-state index is 10.7. The molecule has 6 heteroatoms. The normalized spacial score (nSPS) is 12.6. The minimum absolute atomic E-state index is 0.0566. The topological polar surface area (TPSA) is 72.5 Å². The van der Waals surface area contributed by atoms with Crippen LogP contribution in [0.5, 0.6) is 0 Å². The van der Waals surface area contributed by atoms with Gasteiger partial charge >= 0.3 is 10.3 Å². The standard InChI is InChI=1S/C5H11NO4S/c1-5(2,3)10-11(8,9)6-4-7/h4H,1-3H3,(H,6,7). The number of amides is 1. The van der Waals surface area contributed by atoms with E-state index in [4.69, 9.17) is 0 Å². The Hall–Kier alpha value is -0.620. The summed E-state index contributed by atoms with van der Waals surface area (Å²) < 4.78 is 27.4. The van der Waals surface area contributed by atoms with Gasteiger partial charge in [-0.2, -0.15) is 8.42 Å². The van der Waals surface area contributed by atoms with Crippen LogP contribution in [-0.2, 0) is 19.3 Å². The first-order chi connectivity index (χ1) is 4.77. The maximum atomic E-state index is 10.7. The van der Waals surface area contributed by atoms with Crippen molar-refractivity contribution in [1.82, 2.24) is 4.72 Å². The number of carbonyl (C=O) groups excluding carboxylic acids is 1. The van der Waals surface area contributed by atoms with Crippen molar-refractivity contribution < 1.29 is 17.4 Å². The van der Waals surface area contributed by atoms with Crippen molar-refractivity contribution in [3.63, 3.8) is 0 Å². The average Bonchev–Trinajstić information content (AvgIpc) is 1.55. The quantitative estimate of drug-likeness (QED) is 0.611. The van der Waals surface area contributed by atoms with Crippen LogP contribution in [0.15, 0.2) is 0 Å². The summed E-state index contributed by atoms with van der Waals surface area (Å²) >= 11 is 0. The van der Waals surface area contributed by atoms with Gasteiger partial charge in [-0.05, 0) is 20.8 Å². The van der Waals surface area contributed by atoms with Gasteiger partial charge in [0.05, 0.1) is 5.60 Å². The van der Waals surface area contributed by atoms with Crippen LogP contribution >= 0.6 is 0 Å². The molecule has 0 saturated heterocycles. The minimum Gasteiger partial charge on any atom is -0.278 e. The average molecular weight is 181 g/mol. The second-order valence-electron chi connectivity index (χ2n) is 2.89. The van der Waals surface area contributed by atoms with E-state index < -0.39 is 15.9 Å². The molecule has 11 heavy (non-hydrogen) atoms. The van der Waals surface area contributed by atoms with Crippen molar-refractivity contribution in [3.8, 4) is 0 Å². The molecule has 0 aliphatic carbocycles. The predicted octanol–water partition coefficient (Wildman–Crippen LogP) is -0.208. The van der Waals surface area contributed by atoms with Crippen molar-refractivity contribution in [1.29, 1.82) is 0 Å². The number of nitrogens with one attached hydrogen (secondary N) is 1. The van der Waals surface area contributed by atoms with Crippen LogP contribution in [0.1, 0.15) is 20.8 Å². The lowest BCUT2D eigenvalue weighted by Gasteiger charge is -2.17. The highest BCUT2D eigenvalue weighted by atomic mass is 32.2. The fourth-order valence-electron chi connectivity index (χ4n) is 0.412. The Kier molecular flexibility index (Phi) is 3.01. The van der Waals surface area contributed by atoms with Crippen LogP contribution in [0.4, 0.5) is 0 Å². The van der Waals surface area contributed by atoms with Gasteiger partial charge in [0.2, 0.25) is 6.41 Å². The summed E-state index contributed by atoms with van der Waals surface area (Å²) in [5.74, 6) is 0. The third kappa shape index (κ3) is 5.81. The Morgan fingerprint density at radius 3 is 2.09 bits per heavy atom. The van der Waals surface area contributed by atoms with Gasteiger partial charge in [-0.1, -0.05) is 0 Å². The molecule has 0 aromatic heterocycles. The van der Waals surface area contributed by atoms with Crippen molar-refractivity contribution in [2.45, 2.75) is 26.4 Å². The molecule has 0 unspecified atom stereocenters. The first-order valence-corrected chi connectivity index (χ1v) is 4.34. The van der Waals surface area contributed by atoms with E-state index in [1.807, 2.05) is 0 Å². The molecule has 0 aliphatic rings. The van der Waals surface area contributed by atoms with Crippen LogP contribution in [0.2, 0.25) is 0 Å². The van der Waals surface area contributed by atoms with Gasteiger partial charge in [0, 0.05) is 0 Å². The van der Waals surface area contributed by atoms with Gasteiger partial charge in [-0.15, -0.1) is 0 Å². The van der Waals surface area contributed by atoms with Gasteiger partial charge in [0.1, 0.15) is 0 Å². The lowest BCUT2D eigenvalue weighted by molar-refractivity contribution is -0.108. The fourth-order valence-corrected chi connectivity index (χ4v) is 1.24. The van der Waals surface area contributed by atoms with E-state index in [0.717, 1.165) is 0 Å². The van der Waals surface area contributed by atoms with E-state index in [1.165, 1.54) is 0 Å². The van der Waals surface area contributed by atoms with Crippen LogP contribution in [0.3, 0.4) is 0 Å². The Labute approximate surface area is 66.0 Å². The zero-order chi connectivity index (χ0) is 9.12. The molecule has 66 valence electrons. The zero-order valence-corrected chi connectivity index (χ0v) is 7.44. The molecule has 0 bridgehead atoms. The molecular weight excluding hydrogens is 170 g/mol. The third-order valence-corrected chi connectivity index (χ3v) is 1.66. The highest BCUT2D eigenvalue weighted by molar-refractivity contribution is 7.85. The summed E-state index contributed by atoms with van der Waals surface area (Å²) in [5.41, 5.74) is -0.825. The molecule has 0 rings (SSSR count). The summed E-state index contributed by atoms with van der Waals surface area (Å²) in [6.07, 6.45) is 0.0566. The van der Waals surface area contributed by atoms with Crippen molar-refractivity contribution in [3.05, 3.63) is 0 Å². The number of hydrogen-bond donors (Lipinski definition) is 1. The van der Waals surface area contributed by atoms with Crippen LogP contribution in [-0.4, -0.2) is 20.4 Å². The Morgan fingerprint density at radius 2 is 1.82 bits per heavy atom. The summed E-state index contributed by atoms with van der Waals surface area (Å²) in [6.45, 7) is 4.70. The predicted molar refractivity (Wildman–Crippen MR) is 39.0 cm³/mol. The van der Waals surface area contributed by atoms with Gasteiger partial charge in [-0.25, -0.2) is 8.91 Å². The SMILES string of the molecule is CC(C)(C)OS(=O)(=O)NC=O. The van der Waals surface area contributed by atoms with Crippen LogP contribution < -0.4 is 4.72 Å². The molecule has 0 aromatic carbocycles. The molecule has 0 saturated carbocycles. The van der Waals surface area contributed by atoms with E-state index in [9.17, 15) is 13.2 Å². The zero-order valence-electron chi connectivity index (χ0n) is 6.62. The first-order valence-electron chi connectivity index (χ1n) is 2.93. The van der Waals surface area contributed by atoms with Crippen molar-refractivity contribution in [2.24, 2.45) is 0 Å². The summed E-state index contributed by atoms with van der Waals surface area (Å²) in [5, 5.41) is 0. The molecule has 0 radical (unpaired) electrons. The molecular formula is C5H11NO4S. The van der Waals surface area contributed by atoms with E-state index in [2.05, 4.69) is 4.18 Å². The van der Waals surface area contributed by atoms with Gasteiger partial charge in [0.15, 0.2) is 0 Å². The molecule has 1 N–H and O–H groups in total. The molecule has 1 amide bonds. The Morgan fingerprint density at radius 1 is 1.36 bits per heavy atom. The summed E-state index contributed by atoms with van der Waals surface area (Å²) in [7, 11) is -3.91. The van der Waals surface area contributed by atoms with Crippen molar-refractivity contribution in [2.75, 3.05) is 0 Å². The van der Waals surface area contributed by atoms with Gasteiger partial charge in [0.25, 0.3) is 0 Å². The summed E-state index contributed by atoms with van der Waals surface area (Å²) in [6, 6.07) is 0. The first kappa shape index (κ1) is 10.4. The van der Waals surface area contributed by atoms with Crippen LogP contribution in [0.25, 0.3) is 0 Å². The molecule has 5 nitrogen and oxygen atoms in total. The van der Waals surface area contributed by atoms with E-state index in [0.29, 0.717) is 0 Å². The van der Waals surface area contributed by atoms with Crippen molar-refractivity contribution >= 4 is 16.7 Å². The Balaban J connectivity index is 4.26. The highest BCUT2D eigenvalue weighted by Gasteiger charge is 2.20. The number of rotatable bonds is 3. The third-order valence-electron chi connectivity index (χ3n) is 0.552. The molecule has 0 atom stereocenters. The Bertz CT molecular complexity index is 225. The van der Waals surface area contributed by atoms with Gasteiger partial charge in [-0.3, -0.25) is 4.79 Å². The lowest BCUT2D eigenvalue weighted by Crippen LogP contribution is -2.32. The molecule has 0 heterocycles. The fraction of sp³-hybridized carbons (Fsp3) is 0.800. The van der Waals surface area contributed by atoms with Gasteiger partial charge < -0.3 is 0 Å². The minimum atomic E-state index is -3.91. The summed E-state index contributed by atoms with van der Waals surface area (Å²) in [4.78, 5) is 9.74. The van der Waals surface area contributed by atoms with E-state index >= 15 is 0 Å². The highest BCUT2D eigenvalue weighted by Crippen LogP contribution is 2.09.